The van der Waals surface area contributed by atoms with Crippen LogP contribution in [0.5, 0.6) is 0 Å². The highest BCUT2D eigenvalue weighted by atomic mass is 32.2. The Balaban J connectivity index is 2.18. The molecule has 0 aliphatic carbocycles. The van der Waals surface area contributed by atoms with E-state index < -0.39 is 10.0 Å². The van der Waals surface area contributed by atoms with Crippen LogP contribution in [-0.2, 0) is 10.0 Å². The van der Waals surface area contributed by atoms with Gasteiger partial charge < -0.3 is 5.73 Å². The molecule has 0 bridgehead atoms. The number of hydrogen-bond donors (Lipinski definition) is 2. The molecular weight excluding hydrogens is 244 g/mol. The first-order valence-electron chi connectivity index (χ1n) is 5.89. The predicted octanol–water partition coefficient (Wildman–Crippen LogP) is 0.788. The zero-order valence-corrected chi connectivity index (χ0v) is 11.3. The molecule has 96 valence electrons. The summed E-state index contributed by atoms with van der Waals surface area (Å²) in [5.74, 6) is 3.08. The molecule has 0 aromatic carbocycles. The van der Waals surface area contributed by atoms with Gasteiger partial charge in [0, 0.05) is 6.54 Å². The van der Waals surface area contributed by atoms with Crippen LogP contribution in [0.1, 0.15) is 25.7 Å². The highest BCUT2D eigenvalue weighted by molar-refractivity contribution is 7.99. The smallest absolute Gasteiger partial charge is 0.211 e. The second kappa shape index (κ2) is 7.53. The van der Waals surface area contributed by atoms with Crippen molar-refractivity contribution < 1.29 is 8.42 Å². The third-order valence-electron chi connectivity index (χ3n) is 2.80. The summed E-state index contributed by atoms with van der Waals surface area (Å²) in [6.07, 6.45) is 3.71. The Morgan fingerprint density at radius 1 is 1.25 bits per heavy atom. The topological polar surface area (TPSA) is 72.2 Å². The first kappa shape index (κ1) is 14.3. The maximum atomic E-state index is 11.6. The summed E-state index contributed by atoms with van der Waals surface area (Å²) in [5, 5.41) is 0. The lowest BCUT2D eigenvalue weighted by Crippen LogP contribution is -2.32. The SMILES string of the molecule is NCCCCS(=O)(=O)NCC1CCSCC1. The maximum Gasteiger partial charge on any atom is 0.211 e. The number of thioether (sulfide) groups is 1. The average Bonchev–Trinajstić information content (AvgIpc) is 2.28. The van der Waals surface area contributed by atoms with Crippen LogP contribution in [0.3, 0.4) is 0 Å². The molecule has 16 heavy (non-hydrogen) atoms. The Bertz CT molecular complexity index is 275. The van der Waals surface area contributed by atoms with Gasteiger partial charge in [0.2, 0.25) is 10.0 Å². The van der Waals surface area contributed by atoms with Crippen molar-refractivity contribution in [2.45, 2.75) is 25.7 Å². The van der Waals surface area contributed by atoms with E-state index in [9.17, 15) is 8.42 Å². The van der Waals surface area contributed by atoms with E-state index in [1.807, 2.05) is 11.8 Å². The quantitative estimate of drug-likeness (QED) is 0.668. The van der Waals surface area contributed by atoms with E-state index in [1.54, 1.807) is 0 Å². The van der Waals surface area contributed by atoms with Gasteiger partial charge in [0.15, 0.2) is 0 Å². The van der Waals surface area contributed by atoms with Crippen LogP contribution in [-0.4, -0.2) is 38.8 Å². The fraction of sp³-hybridized carbons (Fsp3) is 1.00. The molecule has 1 fully saturated rings. The molecule has 1 saturated heterocycles. The van der Waals surface area contributed by atoms with Gasteiger partial charge in [0.25, 0.3) is 0 Å². The zero-order valence-electron chi connectivity index (χ0n) is 9.65. The molecule has 0 aromatic rings. The van der Waals surface area contributed by atoms with Gasteiger partial charge in [-0.25, -0.2) is 13.1 Å². The summed E-state index contributed by atoms with van der Waals surface area (Å²) in [5.41, 5.74) is 5.33. The normalized spacial score (nSPS) is 18.8. The Hall–Kier alpha value is 0.220. The van der Waals surface area contributed by atoms with Gasteiger partial charge in [-0.2, -0.15) is 11.8 Å². The summed E-state index contributed by atoms with van der Waals surface area (Å²) >= 11 is 1.96. The largest absolute Gasteiger partial charge is 0.330 e. The lowest BCUT2D eigenvalue weighted by molar-refractivity contribution is 0.476. The third-order valence-corrected chi connectivity index (χ3v) is 5.28. The lowest BCUT2D eigenvalue weighted by atomic mass is 10.0. The molecule has 1 heterocycles. The van der Waals surface area contributed by atoms with Crippen molar-refractivity contribution in [1.29, 1.82) is 0 Å². The molecule has 4 nitrogen and oxygen atoms in total. The third kappa shape index (κ3) is 6.08. The van der Waals surface area contributed by atoms with Gasteiger partial charge in [-0.3, -0.25) is 0 Å². The van der Waals surface area contributed by atoms with E-state index in [1.165, 1.54) is 11.5 Å². The van der Waals surface area contributed by atoms with Gasteiger partial charge in [0.05, 0.1) is 5.75 Å². The summed E-state index contributed by atoms with van der Waals surface area (Å²) in [7, 11) is -3.07. The first-order valence-corrected chi connectivity index (χ1v) is 8.70. The molecule has 3 N–H and O–H groups in total. The summed E-state index contributed by atoms with van der Waals surface area (Å²) < 4.78 is 25.9. The fourth-order valence-electron chi connectivity index (χ4n) is 1.70. The van der Waals surface area contributed by atoms with Gasteiger partial charge >= 0.3 is 0 Å². The maximum absolute atomic E-state index is 11.6. The highest BCUT2D eigenvalue weighted by Crippen LogP contribution is 2.21. The molecule has 0 spiro atoms. The zero-order chi connectivity index (χ0) is 11.9. The van der Waals surface area contributed by atoms with Crippen LogP contribution in [0, 0.1) is 5.92 Å². The Morgan fingerprint density at radius 2 is 1.94 bits per heavy atom. The summed E-state index contributed by atoms with van der Waals surface area (Å²) in [6, 6.07) is 0. The fourth-order valence-corrected chi connectivity index (χ4v) is 4.13. The van der Waals surface area contributed by atoms with Crippen molar-refractivity contribution in [3.05, 3.63) is 0 Å². The van der Waals surface area contributed by atoms with E-state index >= 15 is 0 Å². The Morgan fingerprint density at radius 3 is 2.56 bits per heavy atom. The van der Waals surface area contributed by atoms with Gasteiger partial charge in [-0.1, -0.05) is 0 Å². The molecule has 6 heteroatoms. The molecule has 1 rings (SSSR count). The van der Waals surface area contributed by atoms with E-state index in [4.69, 9.17) is 5.73 Å². The average molecular weight is 266 g/mol. The molecule has 0 amide bonds. The van der Waals surface area contributed by atoms with E-state index in [0.29, 0.717) is 25.4 Å². The molecule has 0 radical (unpaired) electrons. The Kier molecular flexibility index (Phi) is 6.72. The van der Waals surface area contributed by atoms with Crippen molar-refractivity contribution in [2.75, 3.05) is 30.3 Å². The van der Waals surface area contributed by atoms with Crippen molar-refractivity contribution in [3.63, 3.8) is 0 Å². The van der Waals surface area contributed by atoms with Crippen molar-refractivity contribution in [2.24, 2.45) is 11.7 Å². The predicted molar refractivity (Wildman–Crippen MR) is 70.1 cm³/mol. The van der Waals surface area contributed by atoms with E-state index in [0.717, 1.165) is 19.3 Å². The van der Waals surface area contributed by atoms with Gasteiger partial charge in [-0.15, -0.1) is 0 Å². The van der Waals surface area contributed by atoms with Crippen LogP contribution in [0.15, 0.2) is 0 Å². The molecule has 0 unspecified atom stereocenters. The molecule has 0 aromatic heterocycles. The van der Waals surface area contributed by atoms with Gasteiger partial charge in [0.1, 0.15) is 0 Å². The highest BCUT2D eigenvalue weighted by Gasteiger charge is 2.16. The number of unbranched alkanes of at least 4 members (excludes halogenated alkanes) is 1. The molecule has 1 aliphatic rings. The second-order valence-corrected chi connectivity index (χ2v) is 7.37. The van der Waals surface area contributed by atoms with Crippen LogP contribution in [0.25, 0.3) is 0 Å². The molecule has 1 aliphatic heterocycles. The van der Waals surface area contributed by atoms with Crippen LogP contribution in [0.2, 0.25) is 0 Å². The van der Waals surface area contributed by atoms with Crippen LogP contribution in [0.4, 0.5) is 0 Å². The van der Waals surface area contributed by atoms with E-state index in [-0.39, 0.29) is 5.75 Å². The first-order chi connectivity index (χ1) is 7.64. The lowest BCUT2D eigenvalue weighted by Gasteiger charge is -2.21. The second-order valence-electron chi connectivity index (χ2n) is 4.22. The minimum Gasteiger partial charge on any atom is -0.330 e. The molecule has 0 atom stereocenters. The monoisotopic (exact) mass is 266 g/mol. The minimum absolute atomic E-state index is 0.214. The Labute approximate surface area is 103 Å². The summed E-state index contributed by atoms with van der Waals surface area (Å²) in [6.45, 7) is 1.18. The van der Waals surface area contributed by atoms with E-state index in [2.05, 4.69) is 4.72 Å². The number of nitrogens with one attached hydrogen (secondary N) is 1. The number of sulfonamides is 1. The van der Waals surface area contributed by atoms with Crippen molar-refractivity contribution >= 4 is 21.8 Å². The number of nitrogens with two attached hydrogens (primary N) is 1. The van der Waals surface area contributed by atoms with Crippen LogP contribution >= 0.6 is 11.8 Å². The standard InChI is InChI=1S/C10H22N2O2S2/c11-5-1-2-8-16(13,14)12-9-10-3-6-15-7-4-10/h10,12H,1-9,11H2. The van der Waals surface area contributed by atoms with Crippen LogP contribution < -0.4 is 10.5 Å². The van der Waals surface area contributed by atoms with Crippen molar-refractivity contribution in [3.8, 4) is 0 Å². The van der Waals surface area contributed by atoms with Crippen molar-refractivity contribution in [1.82, 2.24) is 4.72 Å². The molecular formula is C10H22N2O2S2. The minimum atomic E-state index is -3.07. The number of hydrogen-bond acceptors (Lipinski definition) is 4. The number of rotatable bonds is 7. The summed E-state index contributed by atoms with van der Waals surface area (Å²) in [4.78, 5) is 0. The van der Waals surface area contributed by atoms with Gasteiger partial charge in [-0.05, 0) is 49.7 Å². The molecule has 0 saturated carbocycles.